The Balaban J connectivity index is 1.78. The Morgan fingerprint density at radius 1 is 1.28 bits per heavy atom. The molecule has 1 aliphatic heterocycles. The molecule has 3 aromatic rings. The van der Waals surface area contributed by atoms with E-state index in [1.165, 1.54) is 42.1 Å². The van der Waals surface area contributed by atoms with E-state index < -0.39 is 27.8 Å². The molecule has 0 aliphatic carbocycles. The number of fused-ring (bicyclic) bond motifs is 1. The van der Waals surface area contributed by atoms with E-state index in [-0.39, 0.29) is 35.6 Å². The molecule has 0 amide bonds. The van der Waals surface area contributed by atoms with Crippen molar-refractivity contribution in [2.24, 2.45) is 5.92 Å². The lowest BCUT2D eigenvalue weighted by Crippen LogP contribution is -2.36. The number of aromatic nitrogens is 1. The van der Waals surface area contributed by atoms with Crippen molar-refractivity contribution in [2.45, 2.75) is 57.6 Å². The number of carboxylic acid groups (broad SMARTS) is 1. The summed E-state index contributed by atoms with van der Waals surface area (Å²) < 4.78 is 40.1. The first-order valence-electron chi connectivity index (χ1n) is 12.6. The zero-order chi connectivity index (χ0) is 28.5. The third kappa shape index (κ3) is 5.70. The molecule has 0 spiro atoms. The standard InChI is InChI=1S/C28H32N2O7S2/c1-6-21-15-30(39(34,35)25-13-29-10-9-22(25)37-21)14-20-11-19(8-7-16(20)2)26(17(3)28(32)33)24-12-23(36-5)27(38-24)18(4)31/h7-13,17,21,26H,6,14-15H2,1-5H3,(H,32,33)/t17?,21-,26?/m1/s1. The van der Waals surface area contributed by atoms with Crippen LogP contribution in [0.3, 0.4) is 0 Å². The van der Waals surface area contributed by atoms with Crippen LogP contribution in [0.5, 0.6) is 11.5 Å². The van der Waals surface area contributed by atoms with Crippen LogP contribution in [0.15, 0.2) is 47.6 Å². The van der Waals surface area contributed by atoms with Gasteiger partial charge in [0.2, 0.25) is 10.0 Å². The predicted molar refractivity (Wildman–Crippen MR) is 147 cm³/mol. The maximum atomic E-state index is 13.7. The van der Waals surface area contributed by atoms with Crippen molar-refractivity contribution in [1.82, 2.24) is 9.29 Å². The van der Waals surface area contributed by atoms with Gasteiger partial charge in [-0.25, -0.2) is 8.42 Å². The number of aliphatic carboxylic acids is 1. The third-order valence-electron chi connectivity index (χ3n) is 7.05. The molecule has 2 aromatic heterocycles. The zero-order valence-electron chi connectivity index (χ0n) is 22.5. The van der Waals surface area contributed by atoms with Crippen LogP contribution in [-0.4, -0.2) is 54.3 Å². The van der Waals surface area contributed by atoms with E-state index in [4.69, 9.17) is 9.47 Å². The second kappa shape index (κ2) is 11.4. The number of pyridine rings is 1. The summed E-state index contributed by atoms with van der Waals surface area (Å²) in [6.45, 7) is 7.15. The number of carboxylic acids is 1. The van der Waals surface area contributed by atoms with Gasteiger partial charge < -0.3 is 14.6 Å². The summed E-state index contributed by atoms with van der Waals surface area (Å²) in [5.41, 5.74) is 2.33. The van der Waals surface area contributed by atoms with Crippen LogP contribution < -0.4 is 9.47 Å². The fourth-order valence-electron chi connectivity index (χ4n) is 4.73. The molecule has 1 N–H and O–H groups in total. The number of ketones is 1. The average molecular weight is 573 g/mol. The molecule has 0 fully saturated rings. The molecule has 39 heavy (non-hydrogen) atoms. The molecule has 1 aromatic carbocycles. The van der Waals surface area contributed by atoms with Crippen LogP contribution in [0.1, 0.15) is 64.3 Å². The van der Waals surface area contributed by atoms with Crippen molar-refractivity contribution in [2.75, 3.05) is 13.7 Å². The van der Waals surface area contributed by atoms with Crippen molar-refractivity contribution in [3.8, 4) is 11.5 Å². The Morgan fingerprint density at radius 3 is 2.64 bits per heavy atom. The SMILES string of the molecule is CC[C@@H]1CN(Cc2cc(C(c3cc(OC)c(C(C)=O)s3)C(C)C(=O)O)ccc2C)S(=O)(=O)c2cnccc2O1. The van der Waals surface area contributed by atoms with Gasteiger partial charge in [0.15, 0.2) is 5.78 Å². The quantitative estimate of drug-likeness (QED) is 0.360. The highest BCUT2D eigenvalue weighted by atomic mass is 32.2. The topological polar surface area (TPSA) is 123 Å². The molecule has 2 unspecified atom stereocenters. The lowest BCUT2D eigenvalue weighted by molar-refractivity contribution is -0.141. The van der Waals surface area contributed by atoms with Gasteiger partial charge in [0.05, 0.1) is 25.8 Å². The molecule has 9 nitrogen and oxygen atoms in total. The summed E-state index contributed by atoms with van der Waals surface area (Å²) in [5.74, 6) is -1.85. The van der Waals surface area contributed by atoms with Crippen molar-refractivity contribution >= 4 is 33.1 Å². The lowest BCUT2D eigenvalue weighted by atomic mass is 9.84. The summed E-state index contributed by atoms with van der Waals surface area (Å²) >= 11 is 1.22. The highest BCUT2D eigenvalue weighted by Gasteiger charge is 2.35. The normalized spacial score (nSPS) is 18.3. The molecule has 3 atom stereocenters. The van der Waals surface area contributed by atoms with Crippen molar-refractivity contribution in [3.05, 3.63) is 69.2 Å². The van der Waals surface area contributed by atoms with Crippen LogP contribution in [-0.2, 0) is 21.4 Å². The Kier molecular flexibility index (Phi) is 8.43. The number of hydrogen-bond donors (Lipinski definition) is 1. The van der Waals surface area contributed by atoms with Crippen LogP contribution in [0, 0.1) is 12.8 Å². The molecule has 1 aliphatic rings. The van der Waals surface area contributed by atoms with Crippen molar-refractivity contribution < 1.29 is 32.6 Å². The van der Waals surface area contributed by atoms with Crippen LogP contribution in [0.2, 0.25) is 0 Å². The van der Waals surface area contributed by atoms with Crippen LogP contribution in [0.25, 0.3) is 0 Å². The van der Waals surface area contributed by atoms with Gasteiger partial charge in [0.25, 0.3) is 0 Å². The number of methoxy groups -OCH3 is 1. The van der Waals surface area contributed by atoms with Gasteiger partial charge >= 0.3 is 5.97 Å². The van der Waals surface area contributed by atoms with E-state index in [9.17, 15) is 23.1 Å². The summed E-state index contributed by atoms with van der Waals surface area (Å²) in [7, 11) is -2.44. The number of sulfonamides is 1. The van der Waals surface area contributed by atoms with Gasteiger partial charge in [-0.15, -0.1) is 11.3 Å². The Hall–Kier alpha value is -3.28. The molecule has 0 saturated heterocycles. The first kappa shape index (κ1) is 28.7. The van der Waals surface area contributed by atoms with Gasteiger partial charge in [0.1, 0.15) is 27.4 Å². The molecular formula is C28H32N2O7S2. The van der Waals surface area contributed by atoms with E-state index in [0.29, 0.717) is 27.5 Å². The number of nitrogens with zero attached hydrogens (tertiary/aromatic N) is 2. The number of hydrogen-bond acceptors (Lipinski definition) is 8. The van der Waals surface area contributed by atoms with Gasteiger partial charge in [-0.05, 0) is 42.2 Å². The number of carbonyl (C=O) groups is 2. The van der Waals surface area contributed by atoms with Crippen molar-refractivity contribution in [3.63, 3.8) is 0 Å². The van der Waals surface area contributed by atoms with E-state index in [1.807, 2.05) is 32.0 Å². The number of thiophene rings is 1. The number of Topliss-reactive ketones (excluding diaryl/α,β-unsaturated/α-hetero) is 1. The van der Waals surface area contributed by atoms with E-state index >= 15 is 0 Å². The highest BCUT2D eigenvalue weighted by molar-refractivity contribution is 7.89. The minimum atomic E-state index is -3.91. The molecule has 4 rings (SSSR count). The van der Waals surface area contributed by atoms with Gasteiger partial charge in [-0.3, -0.25) is 14.6 Å². The zero-order valence-corrected chi connectivity index (χ0v) is 24.1. The van der Waals surface area contributed by atoms with E-state index in [0.717, 1.165) is 11.1 Å². The summed E-state index contributed by atoms with van der Waals surface area (Å²) in [6, 6.07) is 8.88. The highest BCUT2D eigenvalue weighted by Crippen LogP contribution is 2.42. The maximum Gasteiger partial charge on any atom is 0.307 e. The molecule has 208 valence electrons. The smallest absolute Gasteiger partial charge is 0.307 e. The first-order valence-corrected chi connectivity index (χ1v) is 14.8. The van der Waals surface area contributed by atoms with E-state index in [2.05, 4.69) is 4.98 Å². The average Bonchev–Trinajstić information content (AvgIpc) is 3.29. The second-order valence-electron chi connectivity index (χ2n) is 9.66. The summed E-state index contributed by atoms with van der Waals surface area (Å²) in [6.07, 6.45) is 3.09. The first-order chi connectivity index (χ1) is 18.5. The second-order valence-corrected chi connectivity index (χ2v) is 12.7. The molecule has 0 radical (unpaired) electrons. The monoisotopic (exact) mass is 572 g/mol. The molecule has 3 heterocycles. The number of carbonyl (C=O) groups excluding carboxylic acids is 1. The molecule has 0 bridgehead atoms. The summed E-state index contributed by atoms with van der Waals surface area (Å²) in [5, 5.41) is 9.95. The van der Waals surface area contributed by atoms with E-state index in [1.54, 1.807) is 19.1 Å². The fourth-order valence-corrected chi connectivity index (χ4v) is 7.50. The van der Waals surface area contributed by atoms with Gasteiger partial charge in [-0.2, -0.15) is 4.31 Å². The predicted octanol–water partition coefficient (Wildman–Crippen LogP) is 4.88. The van der Waals surface area contributed by atoms with Crippen LogP contribution in [0.4, 0.5) is 0 Å². The minimum absolute atomic E-state index is 0.0228. The number of benzene rings is 1. The van der Waals surface area contributed by atoms with Crippen molar-refractivity contribution in [1.29, 1.82) is 0 Å². The maximum absolute atomic E-state index is 13.7. The molecule has 11 heteroatoms. The Morgan fingerprint density at radius 2 is 2.03 bits per heavy atom. The Labute approximate surface area is 232 Å². The summed E-state index contributed by atoms with van der Waals surface area (Å²) in [4.78, 5) is 29.5. The van der Waals surface area contributed by atoms with Gasteiger partial charge in [0, 0.05) is 30.5 Å². The fraction of sp³-hybridized carbons (Fsp3) is 0.393. The van der Waals surface area contributed by atoms with Gasteiger partial charge in [-0.1, -0.05) is 32.0 Å². The number of rotatable bonds is 9. The minimum Gasteiger partial charge on any atom is -0.495 e. The Bertz CT molecular complexity index is 1500. The lowest BCUT2D eigenvalue weighted by Gasteiger charge is -2.25. The largest absolute Gasteiger partial charge is 0.495 e. The molecular weight excluding hydrogens is 540 g/mol. The molecule has 0 saturated carbocycles. The third-order valence-corrected chi connectivity index (χ3v) is 10.2. The van der Waals surface area contributed by atoms with Crippen LogP contribution >= 0.6 is 11.3 Å². The number of ether oxygens (including phenoxy) is 2. The number of aryl methyl sites for hydroxylation is 1.